The van der Waals surface area contributed by atoms with E-state index >= 15 is 0 Å². The van der Waals surface area contributed by atoms with E-state index in [4.69, 9.17) is 0 Å². The Morgan fingerprint density at radius 3 is 2.50 bits per heavy atom. The number of amides is 1. The molecule has 3 rings (SSSR count). The van der Waals surface area contributed by atoms with Crippen LogP contribution in [0.4, 0.5) is 0 Å². The lowest BCUT2D eigenvalue weighted by atomic mass is 9.96. The number of nitrogens with zero attached hydrogens (tertiary/aromatic N) is 1. The van der Waals surface area contributed by atoms with Gasteiger partial charge in [-0.25, -0.2) is 0 Å². The smallest absolute Gasteiger partial charge is 0.245 e. The van der Waals surface area contributed by atoms with Crippen LogP contribution in [0.2, 0.25) is 0 Å². The van der Waals surface area contributed by atoms with Crippen LogP contribution in [0, 0.1) is 5.92 Å². The number of hydrogen-bond donors (Lipinski definition) is 1. The van der Waals surface area contributed by atoms with Crippen molar-refractivity contribution in [1.82, 2.24) is 10.2 Å². The lowest BCUT2D eigenvalue weighted by Gasteiger charge is -2.35. The Morgan fingerprint density at radius 2 is 1.89 bits per heavy atom. The molecule has 96 valence electrons. The summed E-state index contributed by atoms with van der Waals surface area (Å²) < 4.78 is 0. The van der Waals surface area contributed by atoms with Crippen molar-refractivity contribution in [2.75, 3.05) is 6.67 Å². The van der Waals surface area contributed by atoms with Crippen LogP contribution in [-0.2, 0) is 4.79 Å². The highest BCUT2D eigenvalue weighted by molar-refractivity contribution is 5.85. The molecule has 1 aliphatic carbocycles. The standard InChI is InChI=1S/C15H20N2O/c1-15(2,12-8-9-12)17-10-16-13(14(17)18)11-6-4-3-5-7-11/h3-7,12-13,16H,8-10H2,1-2H3. The minimum atomic E-state index is -0.163. The average Bonchev–Trinajstić information content (AvgIpc) is 3.14. The summed E-state index contributed by atoms with van der Waals surface area (Å²) in [5.74, 6) is 0.899. The molecule has 1 aliphatic heterocycles. The van der Waals surface area contributed by atoms with Gasteiger partial charge in [0.2, 0.25) is 5.91 Å². The molecule has 1 atom stereocenters. The molecule has 2 fully saturated rings. The maximum absolute atomic E-state index is 12.5. The van der Waals surface area contributed by atoms with Crippen molar-refractivity contribution in [2.45, 2.75) is 38.3 Å². The zero-order valence-electron chi connectivity index (χ0n) is 11.0. The molecule has 0 spiro atoms. The van der Waals surface area contributed by atoms with Crippen LogP contribution in [0.3, 0.4) is 0 Å². The summed E-state index contributed by atoms with van der Waals surface area (Å²) >= 11 is 0. The van der Waals surface area contributed by atoms with Crippen LogP contribution in [0.1, 0.15) is 38.3 Å². The first kappa shape index (κ1) is 11.7. The highest BCUT2D eigenvalue weighted by Crippen LogP contribution is 2.44. The first-order valence-corrected chi connectivity index (χ1v) is 6.70. The van der Waals surface area contributed by atoms with E-state index in [-0.39, 0.29) is 17.5 Å². The fourth-order valence-electron chi connectivity index (χ4n) is 2.91. The van der Waals surface area contributed by atoms with Crippen molar-refractivity contribution in [2.24, 2.45) is 5.92 Å². The van der Waals surface area contributed by atoms with E-state index in [1.807, 2.05) is 35.2 Å². The first-order valence-electron chi connectivity index (χ1n) is 6.70. The fraction of sp³-hybridized carbons (Fsp3) is 0.533. The van der Waals surface area contributed by atoms with E-state index < -0.39 is 0 Å². The number of nitrogens with one attached hydrogen (secondary N) is 1. The lowest BCUT2D eigenvalue weighted by Crippen LogP contribution is -2.47. The van der Waals surface area contributed by atoms with Crippen LogP contribution in [0.5, 0.6) is 0 Å². The fourth-order valence-corrected chi connectivity index (χ4v) is 2.91. The van der Waals surface area contributed by atoms with Crippen LogP contribution >= 0.6 is 0 Å². The predicted molar refractivity (Wildman–Crippen MR) is 70.8 cm³/mol. The van der Waals surface area contributed by atoms with Gasteiger partial charge in [-0.3, -0.25) is 10.1 Å². The normalized spacial score (nSPS) is 24.7. The molecule has 1 aromatic rings. The second-order valence-electron chi connectivity index (χ2n) is 5.90. The minimum Gasteiger partial charge on any atom is -0.323 e. The molecule has 1 aromatic carbocycles. The number of hydrogen-bond acceptors (Lipinski definition) is 2. The van der Waals surface area contributed by atoms with Crippen LogP contribution in [0.25, 0.3) is 0 Å². The summed E-state index contributed by atoms with van der Waals surface area (Å²) in [5.41, 5.74) is 1.06. The molecular formula is C15H20N2O. The quantitative estimate of drug-likeness (QED) is 0.885. The third-order valence-electron chi connectivity index (χ3n) is 4.37. The van der Waals surface area contributed by atoms with E-state index in [2.05, 4.69) is 19.2 Å². The molecule has 3 heteroatoms. The number of rotatable bonds is 3. The van der Waals surface area contributed by atoms with Gasteiger partial charge in [0.25, 0.3) is 0 Å². The van der Waals surface area contributed by atoms with Crippen LogP contribution in [-0.4, -0.2) is 23.0 Å². The highest BCUT2D eigenvalue weighted by atomic mass is 16.2. The Morgan fingerprint density at radius 1 is 1.22 bits per heavy atom. The Hall–Kier alpha value is -1.35. The van der Waals surface area contributed by atoms with Gasteiger partial charge in [-0.15, -0.1) is 0 Å². The van der Waals surface area contributed by atoms with Gasteiger partial charge in [-0.1, -0.05) is 30.3 Å². The van der Waals surface area contributed by atoms with Crippen LogP contribution < -0.4 is 5.32 Å². The van der Waals surface area contributed by atoms with Crippen molar-refractivity contribution in [3.8, 4) is 0 Å². The molecule has 0 aromatic heterocycles. The molecular weight excluding hydrogens is 224 g/mol. The van der Waals surface area contributed by atoms with Gasteiger partial charge in [0, 0.05) is 5.54 Å². The van der Waals surface area contributed by atoms with Crippen molar-refractivity contribution in [1.29, 1.82) is 0 Å². The molecule has 3 nitrogen and oxygen atoms in total. The summed E-state index contributed by atoms with van der Waals surface area (Å²) in [5, 5.41) is 3.34. The summed E-state index contributed by atoms with van der Waals surface area (Å²) in [6.07, 6.45) is 2.51. The Balaban J connectivity index is 1.81. The van der Waals surface area contributed by atoms with Crippen molar-refractivity contribution < 1.29 is 4.79 Å². The monoisotopic (exact) mass is 244 g/mol. The zero-order valence-corrected chi connectivity index (χ0v) is 11.0. The number of carbonyl (C=O) groups is 1. The molecule has 1 amide bonds. The third kappa shape index (κ3) is 1.83. The van der Waals surface area contributed by atoms with E-state index in [0.29, 0.717) is 12.6 Å². The molecule has 1 heterocycles. The molecule has 1 unspecified atom stereocenters. The van der Waals surface area contributed by atoms with Gasteiger partial charge in [0.05, 0.1) is 6.67 Å². The first-order chi connectivity index (χ1) is 8.60. The molecule has 1 N–H and O–H groups in total. The van der Waals surface area contributed by atoms with Gasteiger partial charge in [-0.2, -0.15) is 0 Å². The van der Waals surface area contributed by atoms with Crippen LogP contribution in [0.15, 0.2) is 30.3 Å². The molecule has 1 saturated carbocycles. The van der Waals surface area contributed by atoms with Crippen molar-refractivity contribution in [3.05, 3.63) is 35.9 Å². The van der Waals surface area contributed by atoms with E-state index in [1.54, 1.807) is 0 Å². The average molecular weight is 244 g/mol. The lowest BCUT2D eigenvalue weighted by molar-refractivity contribution is -0.134. The van der Waals surface area contributed by atoms with Gasteiger partial charge in [0.15, 0.2) is 0 Å². The summed E-state index contributed by atoms with van der Waals surface area (Å²) in [6.45, 7) is 5.05. The molecule has 2 aliphatic rings. The van der Waals surface area contributed by atoms with Gasteiger partial charge < -0.3 is 4.90 Å². The maximum atomic E-state index is 12.5. The van der Waals surface area contributed by atoms with E-state index in [1.165, 1.54) is 12.8 Å². The highest BCUT2D eigenvalue weighted by Gasteiger charge is 2.47. The topological polar surface area (TPSA) is 32.3 Å². The molecule has 0 bridgehead atoms. The van der Waals surface area contributed by atoms with Crippen molar-refractivity contribution in [3.63, 3.8) is 0 Å². The second-order valence-corrected chi connectivity index (χ2v) is 5.90. The summed E-state index contributed by atoms with van der Waals surface area (Å²) in [6, 6.07) is 9.82. The summed E-state index contributed by atoms with van der Waals surface area (Å²) in [7, 11) is 0. The minimum absolute atomic E-state index is 0.00634. The summed E-state index contributed by atoms with van der Waals surface area (Å²) in [4.78, 5) is 14.6. The predicted octanol–water partition coefficient (Wildman–Crippen LogP) is 2.31. The Bertz CT molecular complexity index is 451. The van der Waals surface area contributed by atoms with Gasteiger partial charge >= 0.3 is 0 Å². The molecule has 1 saturated heterocycles. The van der Waals surface area contributed by atoms with Crippen molar-refractivity contribution >= 4 is 5.91 Å². The largest absolute Gasteiger partial charge is 0.323 e. The Kier molecular flexibility index (Phi) is 2.67. The van der Waals surface area contributed by atoms with Gasteiger partial charge in [0.1, 0.15) is 6.04 Å². The number of carbonyl (C=O) groups excluding carboxylic acids is 1. The molecule has 18 heavy (non-hydrogen) atoms. The molecule has 0 radical (unpaired) electrons. The third-order valence-corrected chi connectivity index (χ3v) is 4.37. The second kappa shape index (κ2) is 4.09. The zero-order chi connectivity index (χ0) is 12.8. The van der Waals surface area contributed by atoms with E-state index in [0.717, 1.165) is 5.56 Å². The van der Waals surface area contributed by atoms with E-state index in [9.17, 15) is 4.79 Å². The van der Waals surface area contributed by atoms with Gasteiger partial charge in [-0.05, 0) is 38.2 Å². The Labute approximate surface area is 108 Å². The number of benzene rings is 1. The maximum Gasteiger partial charge on any atom is 0.245 e. The SMILES string of the molecule is CC(C)(C1CC1)N1CNC(c2ccccc2)C1=O.